The molecule has 0 aliphatic heterocycles. The molecule has 0 heterocycles. The van der Waals surface area contributed by atoms with Crippen LogP contribution in [0.15, 0.2) is 0 Å². The molecule has 78 valence electrons. The maximum absolute atomic E-state index is 9.06. The summed E-state index contributed by atoms with van der Waals surface area (Å²) in [5.74, 6) is 1.78. The van der Waals surface area contributed by atoms with Gasteiger partial charge in [-0.15, -0.1) is 0 Å². The minimum Gasteiger partial charge on any atom is -0.393 e. The van der Waals surface area contributed by atoms with E-state index in [2.05, 4.69) is 19.2 Å². The summed E-state index contributed by atoms with van der Waals surface area (Å²) in [4.78, 5) is 0. The number of nitrogens with one attached hydrogen (secondary N) is 1. The van der Waals surface area contributed by atoms with Crippen molar-refractivity contribution < 1.29 is 5.11 Å². The van der Waals surface area contributed by atoms with E-state index in [9.17, 15) is 0 Å². The zero-order valence-corrected chi connectivity index (χ0v) is 9.09. The van der Waals surface area contributed by atoms with Gasteiger partial charge in [-0.3, -0.25) is 0 Å². The van der Waals surface area contributed by atoms with Gasteiger partial charge in [-0.2, -0.15) is 0 Å². The summed E-state index contributed by atoms with van der Waals surface area (Å²) in [6, 6.07) is 0.728. The molecule has 1 saturated carbocycles. The fourth-order valence-corrected chi connectivity index (χ4v) is 1.87. The van der Waals surface area contributed by atoms with E-state index in [1.165, 1.54) is 12.8 Å². The predicted octanol–water partition coefficient (Wildman–Crippen LogP) is 1.78. The fraction of sp³-hybridized carbons (Fsp3) is 1.00. The second-order valence-corrected chi connectivity index (χ2v) is 4.76. The van der Waals surface area contributed by atoms with Crippen molar-refractivity contribution in [1.82, 2.24) is 5.32 Å². The van der Waals surface area contributed by atoms with Crippen LogP contribution in [-0.4, -0.2) is 23.8 Å². The third-order valence-corrected chi connectivity index (χ3v) is 3.11. The predicted molar refractivity (Wildman–Crippen MR) is 55.7 cm³/mol. The maximum atomic E-state index is 9.06. The van der Waals surface area contributed by atoms with Gasteiger partial charge < -0.3 is 10.4 Å². The number of rotatable bonds is 5. The van der Waals surface area contributed by atoms with Crippen LogP contribution in [0.5, 0.6) is 0 Å². The molecular formula is C11H23NO. The van der Waals surface area contributed by atoms with Crippen molar-refractivity contribution in [3.8, 4) is 0 Å². The van der Waals surface area contributed by atoms with Crippen LogP contribution in [0, 0.1) is 11.8 Å². The zero-order valence-electron chi connectivity index (χ0n) is 9.09. The molecule has 2 nitrogen and oxygen atoms in total. The van der Waals surface area contributed by atoms with Gasteiger partial charge in [0.15, 0.2) is 0 Å². The second kappa shape index (κ2) is 4.97. The molecule has 1 unspecified atom stereocenters. The van der Waals surface area contributed by atoms with E-state index in [1.807, 2.05) is 6.92 Å². The lowest BCUT2D eigenvalue weighted by Crippen LogP contribution is -2.43. The minimum atomic E-state index is -0.159. The summed E-state index contributed by atoms with van der Waals surface area (Å²) in [5.41, 5.74) is 0. The van der Waals surface area contributed by atoms with Gasteiger partial charge >= 0.3 is 0 Å². The van der Waals surface area contributed by atoms with Crippen LogP contribution in [0.25, 0.3) is 0 Å². The van der Waals surface area contributed by atoms with E-state index in [0.717, 1.165) is 30.8 Å². The van der Waals surface area contributed by atoms with Crippen molar-refractivity contribution in [2.75, 3.05) is 6.54 Å². The first kappa shape index (κ1) is 11.0. The molecule has 1 atom stereocenters. The van der Waals surface area contributed by atoms with Gasteiger partial charge in [-0.25, -0.2) is 0 Å². The molecule has 0 spiro atoms. The van der Waals surface area contributed by atoms with Crippen LogP contribution in [-0.2, 0) is 0 Å². The van der Waals surface area contributed by atoms with Crippen molar-refractivity contribution in [2.45, 2.75) is 52.2 Å². The highest BCUT2D eigenvalue weighted by molar-refractivity contribution is 4.86. The molecule has 1 aliphatic carbocycles. The van der Waals surface area contributed by atoms with E-state index < -0.39 is 0 Å². The van der Waals surface area contributed by atoms with E-state index in [1.54, 1.807) is 0 Å². The van der Waals surface area contributed by atoms with Crippen LogP contribution < -0.4 is 5.32 Å². The van der Waals surface area contributed by atoms with Crippen molar-refractivity contribution in [3.63, 3.8) is 0 Å². The molecule has 0 bridgehead atoms. The van der Waals surface area contributed by atoms with Crippen LogP contribution in [0.3, 0.4) is 0 Å². The van der Waals surface area contributed by atoms with E-state index in [4.69, 9.17) is 5.11 Å². The first-order valence-electron chi connectivity index (χ1n) is 5.51. The van der Waals surface area contributed by atoms with Crippen LogP contribution in [0.2, 0.25) is 0 Å². The highest BCUT2D eigenvalue weighted by atomic mass is 16.3. The zero-order chi connectivity index (χ0) is 9.84. The summed E-state index contributed by atoms with van der Waals surface area (Å²) in [7, 11) is 0. The van der Waals surface area contributed by atoms with Crippen LogP contribution in [0.4, 0.5) is 0 Å². The Morgan fingerprint density at radius 1 is 1.31 bits per heavy atom. The minimum absolute atomic E-state index is 0.159. The van der Waals surface area contributed by atoms with Gasteiger partial charge in [-0.05, 0) is 44.6 Å². The first-order chi connectivity index (χ1) is 6.09. The number of aliphatic hydroxyl groups is 1. The van der Waals surface area contributed by atoms with Gasteiger partial charge in [-0.1, -0.05) is 13.8 Å². The smallest absolute Gasteiger partial charge is 0.0524 e. The van der Waals surface area contributed by atoms with Gasteiger partial charge in [0.2, 0.25) is 0 Å². The number of hydrogen-bond donors (Lipinski definition) is 2. The molecule has 13 heavy (non-hydrogen) atoms. The lowest BCUT2D eigenvalue weighted by molar-refractivity contribution is 0.151. The molecule has 1 aliphatic rings. The Hall–Kier alpha value is -0.0800. The highest BCUT2D eigenvalue weighted by Gasteiger charge is 2.30. The van der Waals surface area contributed by atoms with Gasteiger partial charge in [0.1, 0.15) is 0 Å². The molecule has 0 radical (unpaired) electrons. The lowest BCUT2D eigenvalue weighted by Gasteiger charge is -2.38. The van der Waals surface area contributed by atoms with Crippen LogP contribution >= 0.6 is 0 Å². The van der Waals surface area contributed by atoms with Crippen molar-refractivity contribution in [1.29, 1.82) is 0 Å². The Kier molecular flexibility index (Phi) is 4.20. The first-order valence-corrected chi connectivity index (χ1v) is 5.51. The average Bonchev–Trinajstić information content (AvgIpc) is 1.92. The summed E-state index contributed by atoms with van der Waals surface area (Å²) in [5, 5.41) is 12.5. The summed E-state index contributed by atoms with van der Waals surface area (Å²) < 4.78 is 0. The molecule has 0 amide bonds. The van der Waals surface area contributed by atoms with Crippen molar-refractivity contribution >= 4 is 0 Å². The van der Waals surface area contributed by atoms with Crippen molar-refractivity contribution in [3.05, 3.63) is 0 Å². The molecule has 0 aromatic rings. The van der Waals surface area contributed by atoms with E-state index in [-0.39, 0.29) is 6.10 Å². The SMILES string of the molecule is CC(O)CCNC1CC(C(C)C)C1. The number of hydrogen-bond acceptors (Lipinski definition) is 2. The normalized spacial score (nSPS) is 30.2. The van der Waals surface area contributed by atoms with E-state index >= 15 is 0 Å². The molecule has 2 heteroatoms. The summed E-state index contributed by atoms with van der Waals surface area (Å²) >= 11 is 0. The largest absolute Gasteiger partial charge is 0.393 e. The summed E-state index contributed by atoms with van der Waals surface area (Å²) in [6.45, 7) is 7.42. The summed E-state index contributed by atoms with van der Waals surface area (Å²) in [6.07, 6.45) is 3.38. The topological polar surface area (TPSA) is 32.3 Å². The molecule has 2 N–H and O–H groups in total. The Morgan fingerprint density at radius 3 is 2.38 bits per heavy atom. The van der Waals surface area contributed by atoms with Gasteiger partial charge in [0, 0.05) is 6.04 Å². The van der Waals surface area contributed by atoms with Crippen molar-refractivity contribution in [2.24, 2.45) is 11.8 Å². The standard InChI is InChI=1S/C11H23NO/c1-8(2)10-6-11(7-10)12-5-4-9(3)13/h8-13H,4-7H2,1-3H3. The van der Waals surface area contributed by atoms with Gasteiger partial charge in [0.25, 0.3) is 0 Å². The Morgan fingerprint density at radius 2 is 1.92 bits per heavy atom. The second-order valence-electron chi connectivity index (χ2n) is 4.76. The monoisotopic (exact) mass is 185 g/mol. The maximum Gasteiger partial charge on any atom is 0.0524 e. The molecule has 0 aromatic carbocycles. The fourth-order valence-electron chi connectivity index (χ4n) is 1.87. The molecule has 1 rings (SSSR count). The molecule has 1 fully saturated rings. The third-order valence-electron chi connectivity index (χ3n) is 3.11. The molecule has 0 aromatic heterocycles. The lowest BCUT2D eigenvalue weighted by atomic mass is 9.74. The number of aliphatic hydroxyl groups excluding tert-OH is 1. The Labute approximate surface area is 81.7 Å². The van der Waals surface area contributed by atoms with Gasteiger partial charge in [0.05, 0.1) is 6.10 Å². The van der Waals surface area contributed by atoms with Crippen LogP contribution in [0.1, 0.15) is 40.0 Å². The molecule has 0 saturated heterocycles. The quantitative estimate of drug-likeness (QED) is 0.684. The molecular weight excluding hydrogens is 162 g/mol. The Bertz CT molecular complexity index is 139. The van der Waals surface area contributed by atoms with E-state index in [0.29, 0.717) is 0 Å². The average molecular weight is 185 g/mol. The Balaban J connectivity index is 1.96. The highest BCUT2D eigenvalue weighted by Crippen LogP contribution is 2.33. The third kappa shape index (κ3) is 3.65.